The van der Waals surface area contributed by atoms with Gasteiger partial charge in [0.15, 0.2) is 5.82 Å². The maximum Gasteiger partial charge on any atom is 0.387 e. The van der Waals surface area contributed by atoms with E-state index in [1.165, 1.54) is 36.5 Å². The topological polar surface area (TPSA) is 51.2 Å². The Balaban J connectivity index is 2.14. The smallest absolute Gasteiger partial charge is 0.387 e. The number of hydrogen-bond acceptors (Lipinski definition) is 3. The molecule has 0 saturated heterocycles. The molecule has 1 N–H and O–H groups in total. The molecule has 0 saturated carbocycles. The summed E-state index contributed by atoms with van der Waals surface area (Å²) in [5, 5.41) is 2.38. The molecule has 1 aromatic carbocycles. The lowest BCUT2D eigenvalue weighted by atomic mass is 10.2. The molecule has 0 aliphatic heterocycles. The molecule has 104 valence electrons. The molecule has 0 atom stereocenters. The minimum absolute atomic E-state index is 0.104. The van der Waals surface area contributed by atoms with Crippen molar-refractivity contribution in [3.8, 4) is 5.75 Å². The van der Waals surface area contributed by atoms with Gasteiger partial charge in [0.1, 0.15) is 5.75 Å². The van der Waals surface area contributed by atoms with Crippen LogP contribution in [-0.2, 0) is 0 Å². The molecule has 2 aromatic rings. The number of amides is 1. The Kier molecular flexibility index (Phi) is 4.19. The van der Waals surface area contributed by atoms with Gasteiger partial charge in [-0.15, -0.1) is 0 Å². The lowest BCUT2D eigenvalue weighted by Crippen LogP contribution is -2.14. The monoisotopic (exact) mass is 282 g/mol. The zero-order valence-corrected chi connectivity index (χ0v) is 10.0. The van der Waals surface area contributed by atoms with Crippen molar-refractivity contribution in [1.82, 2.24) is 4.98 Å². The van der Waals surface area contributed by atoms with Crippen molar-refractivity contribution in [2.45, 2.75) is 6.61 Å². The third kappa shape index (κ3) is 3.47. The summed E-state index contributed by atoms with van der Waals surface area (Å²) < 4.78 is 41.7. The third-order valence-electron chi connectivity index (χ3n) is 2.33. The quantitative estimate of drug-likeness (QED) is 0.937. The molecular formula is C13H9F3N2O2. The zero-order chi connectivity index (χ0) is 14.5. The first-order chi connectivity index (χ1) is 9.56. The molecule has 0 radical (unpaired) electrons. The van der Waals surface area contributed by atoms with Gasteiger partial charge in [0.25, 0.3) is 5.91 Å². The van der Waals surface area contributed by atoms with E-state index in [2.05, 4.69) is 15.0 Å². The molecule has 0 fully saturated rings. The van der Waals surface area contributed by atoms with E-state index < -0.39 is 18.3 Å². The standard InChI is InChI=1S/C13H9F3N2O2/c14-11-7-17-5-4-10(11)12(19)18-8-2-1-3-9(6-8)20-13(15)16/h1-7,13H,(H,18,19). The molecule has 1 heterocycles. The van der Waals surface area contributed by atoms with E-state index in [-0.39, 0.29) is 17.0 Å². The number of ether oxygens (including phenoxy) is 1. The average molecular weight is 282 g/mol. The summed E-state index contributed by atoms with van der Waals surface area (Å²) in [4.78, 5) is 15.3. The average Bonchev–Trinajstić information content (AvgIpc) is 2.38. The first kappa shape index (κ1) is 13.9. The Morgan fingerprint density at radius 3 is 2.80 bits per heavy atom. The largest absolute Gasteiger partial charge is 0.435 e. The van der Waals surface area contributed by atoms with Gasteiger partial charge >= 0.3 is 6.61 Å². The Morgan fingerprint density at radius 2 is 2.10 bits per heavy atom. The van der Waals surface area contributed by atoms with Crippen LogP contribution < -0.4 is 10.1 Å². The predicted molar refractivity (Wildman–Crippen MR) is 65.2 cm³/mol. The molecule has 0 bridgehead atoms. The maximum atomic E-state index is 13.3. The van der Waals surface area contributed by atoms with Crippen molar-refractivity contribution < 1.29 is 22.7 Å². The number of nitrogens with zero attached hydrogens (tertiary/aromatic N) is 1. The van der Waals surface area contributed by atoms with Crippen LogP contribution in [0.4, 0.5) is 18.9 Å². The van der Waals surface area contributed by atoms with Crippen molar-refractivity contribution >= 4 is 11.6 Å². The van der Waals surface area contributed by atoms with Gasteiger partial charge in [-0.1, -0.05) is 6.07 Å². The highest BCUT2D eigenvalue weighted by molar-refractivity contribution is 6.04. The highest BCUT2D eigenvalue weighted by Gasteiger charge is 2.12. The second kappa shape index (κ2) is 6.05. The number of anilines is 1. The number of aromatic nitrogens is 1. The van der Waals surface area contributed by atoms with Crippen LogP contribution in [0.2, 0.25) is 0 Å². The third-order valence-corrected chi connectivity index (χ3v) is 2.33. The summed E-state index contributed by atoms with van der Waals surface area (Å²) >= 11 is 0. The van der Waals surface area contributed by atoms with Crippen molar-refractivity contribution in [3.05, 3.63) is 54.1 Å². The van der Waals surface area contributed by atoms with Crippen molar-refractivity contribution in [2.75, 3.05) is 5.32 Å². The number of carbonyl (C=O) groups is 1. The van der Waals surface area contributed by atoms with Crippen LogP contribution in [0.25, 0.3) is 0 Å². The predicted octanol–water partition coefficient (Wildman–Crippen LogP) is 3.07. The van der Waals surface area contributed by atoms with Crippen molar-refractivity contribution in [1.29, 1.82) is 0 Å². The zero-order valence-electron chi connectivity index (χ0n) is 10.0. The highest BCUT2D eigenvalue weighted by atomic mass is 19.3. The number of halogens is 3. The Morgan fingerprint density at radius 1 is 1.30 bits per heavy atom. The number of hydrogen-bond donors (Lipinski definition) is 1. The van der Waals surface area contributed by atoms with Crippen LogP contribution in [0, 0.1) is 5.82 Å². The summed E-state index contributed by atoms with van der Waals surface area (Å²) in [6.07, 6.45) is 2.18. The van der Waals surface area contributed by atoms with E-state index in [0.29, 0.717) is 0 Å². The lowest BCUT2D eigenvalue weighted by Gasteiger charge is -2.08. The van der Waals surface area contributed by atoms with Crippen LogP contribution >= 0.6 is 0 Å². The van der Waals surface area contributed by atoms with Gasteiger partial charge in [-0.05, 0) is 18.2 Å². The number of nitrogens with one attached hydrogen (secondary N) is 1. The molecule has 4 nitrogen and oxygen atoms in total. The summed E-state index contributed by atoms with van der Waals surface area (Å²) in [6, 6.07) is 6.63. The van der Waals surface area contributed by atoms with E-state index in [1.807, 2.05) is 0 Å². The molecule has 0 aliphatic carbocycles. The fraction of sp³-hybridized carbons (Fsp3) is 0.0769. The number of benzene rings is 1. The normalized spacial score (nSPS) is 10.4. The van der Waals surface area contributed by atoms with E-state index in [1.54, 1.807) is 0 Å². The lowest BCUT2D eigenvalue weighted by molar-refractivity contribution is -0.0497. The van der Waals surface area contributed by atoms with E-state index in [0.717, 1.165) is 6.20 Å². The maximum absolute atomic E-state index is 13.3. The molecule has 7 heteroatoms. The number of rotatable bonds is 4. The molecule has 2 rings (SSSR count). The first-order valence-electron chi connectivity index (χ1n) is 5.52. The van der Waals surface area contributed by atoms with Gasteiger partial charge in [0.05, 0.1) is 11.8 Å². The fourth-order valence-corrected chi connectivity index (χ4v) is 1.51. The second-order valence-electron chi connectivity index (χ2n) is 3.72. The molecule has 20 heavy (non-hydrogen) atoms. The van der Waals surface area contributed by atoms with Crippen LogP contribution in [-0.4, -0.2) is 17.5 Å². The van der Waals surface area contributed by atoms with Gasteiger partial charge in [-0.2, -0.15) is 8.78 Å². The van der Waals surface area contributed by atoms with E-state index in [4.69, 9.17) is 0 Å². The van der Waals surface area contributed by atoms with Gasteiger partial charge in [-0.3, -0.25) is 9.78 Å². The highest BCUT2D eigenvalue weighted by Crippen LogP contribution is 2.20. The van der Waals surface area contributed by atoms with Gasteiger partial charge < -0.3 is 10.1 Å². The van der Waals surface area contributed by atoms with Crippen LogP contribution in [0.3, 0.4) is 0 Å². The summed E-state index contributed by atoms with van der Waals surface area (Å²) in [5.74, 6) is -1.59. The number of carbonyl (C=O) groups excluding carboxylic acids is 1. The van der Waals surface area contributed by atoms with Gasteiger partial charge in [0.2, 0.25) is 0 Å². The van der Waals surface area contributed by atoms with Crippen LogP contribution in [0.15, 0.2) is 42.7 Å². The Hall–Kier alpha value is -2.57. The first-order valence-corrected chi connectivity index (χ1v) is 5.52. The summed E-state index contributed by atoms with van der Waals surface area (Å²) in [6.45, 7) is -2.96. The molecular weight excluding hydrogens is 273 g/mol. The number of alkyl halides is 2. The van der Waals surface area contributed by atoms with Crippen molar-refractivity contribution in [3.63, 3.8) is 0 Å². The minimum atomic E-state index is -2.96. The fourth-order valence-electron chi connectivity index (χ4n) is 1.51. The van der Waals surface area contributed by atoms with Crippen LogP contribution in [0.1, 0.15) is 10.4 Å². The SMILES string of the molecule is O=C(Nc1cccc(OC(F)F)c1)c1ccncc1F. The number of pyridine rings is 1. The van der Waals surface area contributed by atoms with Gasteiger partial charge in [-0.25, -0.2) is 4.39 Å². The minimum Gasteiger partial charge on any atom is -0.435 e. The van der Waals surface area contributed by atoms with Gasteiger partial charge in [0, 0.05) is 18.0 Å². The molecule has 1 aromatic heterocycles. The molecule has 0 aliphatic rings. The Labute approximate surface area is 112 Å². The van der Waals surface area contributed by atoms with E-state index >= 15 is 0 Å². The molecule has 0 unspecified atom stereocenters. The molecule has 1 amide bonds. The van der Waals surface area contributed by atoms with Crippen molar-refractivity contribution in [2.24, 2.45) is 0 Å². The second-order valence-corrected chi connectivity index (χ2v) is 3.72. The summed E-state index contributed by atoms with van der Waals surface area (Å²) in [7, 11) is 0. The van der Waals surface area contributed by atoms with E-state index in [9.17, 15) is 18.0 Å². The Bertz CT molecular complexity index is 620. The van der Waals surface area contributed by atoms with Crippen LogP contribution in [0.5, 0.6) is 5.75 Å². The molecule has 0 spiro atoms. The summed E-state index contributed by atoms with van der Waals surface area (Å²) in [5.41, 5.74) is 0.0181.